The number of benzene rings is 1. The van der Waals surface area contributed by atoms with Gasteiger partial charge in [-0.3, -0.25) is 9.69 Å². The van der Waals surface area contributed by atoms with Gasteiger partial charge in [-0.2, -0.15) is 13.2 Å². The number of fused-ring (bicyclic) bond motifs is 1. The lowest BCUT2D eigenvalue weighted by Gasteiger charge is -2.37. The molecule has 31 heavy (non-hydrogen) atoms. The molecule has 1 aromatic carbocycles. The van der Waals surface area contributed by atoms with Crippen LogP contribution in [0.4, 0.5) is 17.6 Å². The molecule has 3 heterocycles. The van der Waals surface area contributed by atoms with E-state index < -0.39 is 12.1 Å². The number of aliphatic carboxylic acids is 1. The molecule has 3 fully saturated rings. The first kappa shape index (κ1) is 23.4. The molecule has 0 radical (unpaired) electrons. The summed E-state index contributed by atoms with van der Waals surface area (Å²) in [4.78, 5) is 25.7. The Hall–Kier alpha value is -2.24. The third kappa shape index (κ3) is 6.14. The van der Waals surface area contributed by atoms with Gasteiger partial charge in [-0.25, -0.2) is 9.18 Å². The summed E-state index contributed by atoms with van der Waals surface area (Å²) in [5, 5.41) is 7.12. The summed E-state index contributed by atoms with van der Waals surface area (Å²) in [7, 11) is 0. The predicted molar refractivity (Wildman–Crippen MR) is 100 cm³/mol. The standard InChI is InChI=1S/C18H23FN2O3.C2HF3O2/c19-14-4-1-3-13(9-14)18(22)21-11-16-17(12-21)24-8-6-20(16)10-15-5-2-7-23-15;3-2(4,5)1(6)7/h1,3-4,9,15-17H,2,5-8,10-12H2;(H,6,7)/t15?,16-,17+;/m1./s1. The molecule has 1 N–H and O–H groups in total. The molecule has 0 saturated carbocycles. The smallest absolute Gasteiger partial charge is 0.475 e. The Labute approximate surface area is 176 Å². The van der Waals surface area contributed by atoms with Crippen molar-refractivity contribution in [2.24, 2.45) is 0 Å². The van der Waals surface area contributed by atoms with Crippen molar-refractivity contribution in [3.8, 4) is 0 Å². The molecule has 1 unspecified atom stereocenters. The Kier molecular flexibility index (Phi) is 7.50. The fourth-order valence-corrected chi connectivity index (χ4v) is 4.00. The molecule has 1 amide bonds. The first-order valence-electron chi connectivity index (χ1n) is 9.97. The summed E-state index contributed by atoms with van der Waals surface area (Å²) in [5.74, 6) is -3.26. The maximum Gasteiger partial charge on any atom is 0.490 e. The fourth-order valence-electron chi connectivity index (χ4n) is 4.00. The molecule has 4 rings (SSSR count). The Balaban J connectivity index is 0.000000339. The average molecular weight is 448 g/mol. The van der Waals surface area contributed by atoms with Crippen molar-refractivity contribution in [3.63, 3.8) is 0 Å². The Morgan fingerprint density at radius 3 is 2.52 bits per heavy atom. The van der Waals surface area contributed by atoms with Crippen LogP contribution in [-0.4, -0.2) is 90.6 Å². The second kappa shape index (κ2) is 9.92. The van der Waals surface area contributed by atoms with Crippen LogP contribution >= 0.6 is 0 Å². The molecule has 0 bridgehead atoms. The van der Waals surface area contributed by atoms with Crippen molar-refractivity contribution in [1.29, 1.82) is 0 Å². The highest BCUT2D eigenvalue weighted by Crippen LogP contribution is 2.26. The molecule has 1 aromatic rings. The average Bonchev–Trinajstić information content (AvgIpc) is 3.37. The van der Waals surface area contributed by atoms with Crippen LogP contribution in [-0.2, 0) is 14.3 Å². The highest BCUT2D eigenvalue weighted by molar-refractivity contribution is 5.94. The number of nitrogens with zero attached hydrogens (tertiary/aromatic N) is 2. The summed E-state index contributed by atoms with van der Waals surface area (Å²) < 4.78 is 56.8. The van der Waals surface area contributed by atoms with Crippen LogP contribution in [0.5, 0.6) is 0 Å². The number of halogens is 4. The molecule has 3 aliphatic heterocycles. The number of carboxylic acids is 1. The minimum absolute atomic E-state index is 0.0395. The first-order chi connectivity index (χ1) is 14.6. The van der Waals surface area contributed by atoms with Crippen molar-refractivity contribution in [2.45, 2.75) is 37.3 Å². The molecular formula is C20H24F4N2O5. The Morgan fingerprint density at radius 1 is 1.16 bits per heavy atom. The molecule has 0 aromatic heterocycles. The lowest BCUT2D eigenvalue weighted by atomic mass is 10.1. The summed E-state index contributed by atoms with van der Waals surface area (Å²) >= 11 is 0. The lowest BCUT2D eigenvalue weighted by Crippen LogP contribution is -2.52. The van der Waals surface area contributed by atoms with Crippen molar-refractivity contribution >= 4 is 11.9 Å². The number of carboxylic acid groups (broad SMARTS) is 1. The number of alkyl halides is 3. The van der Waals surface area contributed by atoms with Crippen LogP contribution in [0.3, 0.4) is 0 Å². The second-order valence-corrected chi connectivity index (χ2v) is 7.63. The highest BCUT2D eigenvalue weighted by atomic mass is 19.4. The van der Waals surface area contributed by atoms with E-state index in [1.54, 1.807) is 17.0 Å². The summed E-state index contributed by atoms with van der Waals surface area (Å²) in [5.41, 5.74) is 0.402. The zero-order valence-electron chi connectivity index (χ0n) is 16.7. The third-order valence-electron chi connectivity index (χ3n) is 5.48. The number of rotatable bonds is 3. The van der Waals surface area contributed by atoms with Gasteiger partial charge in [0.25, 0.3) is 5.91 Å². The van der Waals surface area contributed by atoms with E-state index in [0.717, 1.165) is 32.5 Å². The van der Waals surface area contributed by atoms with Gasteiger partial charge in [-0.05, 0) is 31.0 Å². The Morgan fingerprint density at radius 2 is 1.90 bits per heavy atom. The molecule has 11 heteroatoms. The topological polar surface area (TPSA) is 79.3 Å². The van der Waals surface area contributed by atoms with Gasteiger partial charge in [0, 0.05) is 38.3 Å². The van der Waals surface area contributed by atoms with Crippen LogP contribution in [0.25, 0.3) is 0 Å². The highest BCUT2D eigenvalue weighted by Gasteiger charge is 2.42. The minimum atomic E-state index is -5.08. The predicted octanol–water partition coefficient (Wildman–Crippen LogP) is 2.16. The normalized spacial score (nSPS) is 26.2. The van der Waals surface area contributed by atoms with Gasteiger partial charge in [-0.1, -0.05) is 6.07 Å². The van der Waals surface area contributed by atoms with E-state index >= 15 is 0 Å². The summed E-state index contributed by atoms with van der Waals surface area (Å²) in [6, 6.07) is 6.10. The molecule has 0 aliphatic carbocycles. The van der Waals surface area contributed by atoms with Crippen LogP contribution in [0, 0.1) is 5.82 Å². The molecule has 0 spiro atoms. The van der Waals surface area contributed by atoms with Gasteiger partial charge < -0.3 is 19.5 Å². The van der Waals surface area contributed by atoms with Gasteiger partial charge in [0.2, 0.25) is 0 Å². The molecule has 3 aliphatic rings. The van der Waals surface area contributed by atoms with Gasteiger partial charge in [-0.15, -0.1) is 0 Å². The van der Waals surface area contributed by atoms with E-state index in [-0.39, 0.29) is 23.9 Å². The first-order valence-corrected chi connectivity index (χ1v) is 9.97. The summed E-state index contributed by atoms with van der Waals surface area (Å²) in [6.07, 6.45) is -2.50. The van der Waals surface area contributed by atoms with Crippen molar-refractivity contribution in [3.05, 3.63) is 35.6 Å². The number of morpholine rings is 1. The van der Waals surface area contributed by atoms with E-state index in [1.807, 2.05) is 0 Å². The monoisotopic (exact) mass is 448 g/mol. The Bertz CT molecular complexity index is 785. The number of hydrogen-bond donors (Lipinski definition) is 1. The number of ether oxygens (including phenoxy) is 2. The quantitative estimate of drug-likeness (QED) is 0.715. The second-order valence-electron chi connectivity index (χ2n) is 7.63. The number of carbonyl (C=O) groups is 2. The minimum Gasteiger partial charge on any atom is -0.475 e. The van der Waals surface area contributed by atoms with Crippen LogP contribution in [0.1, 0.15) is 23.2 Å². The van der Waals surface area contributed by atoms with Crippen molar-refractivity contribution < 1.29 is 41.7 Å². The van der Waals surface area contributed by atoms with Gasteiger partial charge in [0.1, 0.15) is 5.82 Å². The zero-order chi connectivity index (χ0) is 22.6. The number of amides is 1. The lowest BCUT2D eigenvalue weighted by molar-refractivity contribution is -0.192. The van der Waals surface area contributed by atoms with Crippen molar-refractivity contribution in [1.82, 2.24) is 9.80 Å². The molecule has 172 valence electrons. The number of carbonyl (C=O) groups excluding carboxylic acids is 1. The molecular weight excluding hydrogens is 424 g/mol. The van der Waals surface area contributed by atoms with Crippen molar-refractivity contribution in [2.75, 3.05) is 39.4 Å². The molecule has 3 saturated heterocycles. The number of likely N-dealkylation sites (tertiary alicyclic amines) is 1. The van der Waals surface area contributed by atoms with Gasteiger partial charge in [0.15, 0.2) is 0 Å². The van der Waals surface area contributed by atoms with E-state index in [9.17, 15) is 22.4 Å². The maximum absolute atomic E-state index is 13.4. The van der Waals surface area contributed by atoms with Gasteiger partial charge in [0.05, 0.1) is 24.9 Å². The fraction of sp³-hybridized carbons (Fsp3) is 0.600. The van der Waals surface area contributed by atoms with Gasteiger partial charge >= 0.3 is 12.1 Å². The maximum atomic E-state index is 13.4. The SMILES string of the molecule is O=C(O)C(F)(F)F.O=C(c1cccc(F)c1)N1C[C@@H]2OCCN(CC3CCCO3)[C@@H]2C1. The van der Waals surface area contributed by atoms with E-state index in [1.165, 1.54) is 12.1 Å². The zero-order valence-corrected chi connectivity index (χ0v) is 16.7. The van der Waals surface area contributed by atoms with E-state index in [0.29, 0.717) is 31.4 Å². The van der Waals surface area contributed by atoms with E-state index in [4.69, 9.17) is 19.4 Å². The summed E-state index contributed by atoms with van der Waals surface area (Å²) in [6.45, 7) is 4.54. The van der Waals surface area contributed by atoms with E-state index in [2.05, 4.69) is 4.90 Å². The van der Waals surface area contributed by atoms with Crippen LogP contribution < -0.4 is 0 Å². The van der Waals surface area contributed by atoms with Crippen LogP contribution in [0.15, 0.2) is 24.3 Å². The number of hydrogen-bond acceptors (Lipinski definition) is 5. The molecule has 3 atom stereocenters. The third-order valence-corrected chi connectivity index (χ3v) is 5.48. The largest absolute Gasteiger partial charge is 0.490 e. The molecule has 7 nitrogen and oxygen atoms in total. The van der Waals surface area contributed by atoms with Crippen LogP contribution in [0.2, 0.25) is 0 Å².